The highest BCUT2D eigenvalue weighted by Crippen LogP contribution is 2.35. The van der Waals surface area contributed by atoms with Gasteiger partial charge in [-0.2, -0.15) is 4.98 Å². The van der Waals surface area contributed by atoms with Crippen molar-refractivity contribution >= 4 is 0 Å². The maximum Gasteiger partial charge on any atom is 0.240 e. The minimum absolute atomic E-state index is 0.194. The zero-order valence-electron chi connectivity index (χ0n) is 13.6. The third-order valence-corrected chi connectivity index (χ3v) is 4.07. The highest BCUT2D eigenvalue weighted by Gasteiger charge is 2.46. The molecule has 0 bridgehead atoms. The van der Waals surface area contributed by atoms with Crippen LogP contribution in [-0.4, -0.2) is 66.3 Å². The van der Waals surface area contributed by atoms with E-state index in [0.717, 1.165) is 26.1 Å². The molecule has 2 aliphatic rings. The van der Waals surface area contributed by atoms with Gasteiger partial charge in [0.05, 0.1) is 25.4 Å². The maximum atomic E-state index is 6.30. The van der Waals surface area contributed by atoms with Crippen LogP contribution < -0.4 is 0 Å². The van der Waals surface area contributed by atoms with Crippen molar-refractivity contribution in [2.45, 2.75) is 44.4 Å². The van der Waals surface area contributed by atoms with Crippen LogP contribution in [0.2, 0.25) is 0 Å². The van der Waals surface area contributed by atoms with E-state index in [1.807, 2.05) is 0 Å². The summed E-state index contributed by atoms with van der Waals surface area (Å²) in [5.74, 6) is 1.35. The smallest absolute Gasteiger partial charge is 0.240 e. The number of hydrogen-bond donors (Lipinski definition) is 0. The van der Waals surface area contributed by atoms with Gasteiger partial charge in [0.15, 0.2) is 5.82 Å². The number of methoxy groups -OCH3 is 1. The van der Waals surface area contributed by atoms with Crippen LogP contribution in [0.15, 0.2) is 4.52 Å². The van der Waals surface area contributed by atoms with Crippen LogP contribution in [0.3, 0.4) is 0 Å². The summed E-state index contributed by atoms with van der Waals surface area (Å²) < 4.78 is 22.2. The lowest BCUT2D eigenvalue weighted by Crippen LogP contribution is -2.59. The van der Waals surface area contributed by atoms with Crippen LogP contribution >= 0.6 is 0 Å². The van der Waals surface area contributed by atoms with Gasteiger partial charge in [-0.25, -0.2) is 0 Å². The van der Waals surface area contributed by atoms with Crippen molar-refractivity contribution in [2.75, 3.05) is 40.0 Å². The van der Waals surface area contributed by atoms with Gasteiger partial charge >= 0.3 is 0 Å². The number of morpholine rings is 1. The van der Waals surface area contributed by atoms with Crippen molar-refractivity contribution < 1.29 is 18.7 Å². The lowest BCUT2D eigenvalue weighted by Gasteiger charge is -2.47. The first-order valence-electron chi connectivity index (χ1n) is 7.81. The van der Waals surface area contributed by atoms with E-state index in [-0.39, 0.29) is 11.2 Å². The van der Waals surface area contributed by atoms with Gasteiger partial charge in [-0.3, -0.25) is 4.90 Å². The van der Waals surface area contributed by atoms with Crippen molar-refractivity contribution in [3.8, 4) is 0 Å². The highest BCUT2D eigenvalue weighted by molar-refractivity contribution is 4.98. The molecular weight excluding hydrogens is 286 g/mol. The van der Waals surface area contributed by atoms with E-state index in [1.165, 1.54) is 0 Å². The molecule has 124 valence electrons. The Bertz CT molecular complexity index is 497. The monoisotopic (exact) mass is 311 g/mol. The van der Waals surface area contributed by atoms with Gasteiger partial charge in [0.2, 0.25) is 5.89 Å². The number of aromatic nitrogens is 2. The van der Waals surface area contributed by atoms with Crippen LogP contribution in [0.5, 0.6) is 0 Å². The molecule has 0 aliphatic carbocycles. The third-order valence-electron chi connectivity index (χ3n) is 4.07. The second-order valence-electron chi connectivity index (χ2n) is 6.84. The Morgan fingerprint density at radius 2 is 2.18 bits per heavy atom. The molecule has 0 aromatic carbocycles. The molecule has 3 rings (SSSR count). The topological polar surface area (TPSA) is 69.9 Å². The molecule has 2 saturated heterocycles. The minimum atomic E-state index is -0.204. The Hall–Kier alpha value is -1.02. The zero-order chi connectivity index (χ0) is 15.6. The Labute approximate surface area is 130 Å². The van der Waals surface area contributed by atoms with Gasteiger partial charge in [-0.05, 0) is 13.8 Å². The molecule has 7 heteroatoms. The maximum absolute atomic E-state index is 6.30. The Balaban J connectivity index is 1.64. The molecule has 1 spiro atoms. The van der Waals surface area contributed by atoms with E-state index in [1.54, 1.807) is 7.11 Å². The van der Waals surface area contributed by atoms with E-state index in [9.17, 15) is 0 Å². The van der Waals surface area contributed by atoms with E-state index in [4.69, 9.17) is 18.7 Å². The normalized spacial score (nSPS) is 28.5. The molecule has 2 fully saturated rings. The summed E-state index contributed by atoms with van der Waals surface area (Å²) in [7, 11) is 1.67. The fraction of sp³-hybridized carbons (Fsp3) is 0.867. The standard InChI is InChI=1S/C15H25N3O4/c1-14(2)9-18(10-15(22-14)5-7-20-11-15)8-13-16-12(17-21-13)4-6-19-3/h4-11H2,1-3H3. The van der Waals surface area contributed by atoms with Crippen molar-refractivity contribution in [1.29, 1.82) is 0 Å². The Morgan fingerprint density at radius 1 is 1.32 bits per heavy atom. The largest absolute Gasteiger partial charge is 0.384 e. The van der Waals surface area contributed by atoms with Crippen LogP contribution in [0.25, 0.3) is 0 Å². The molecule has 0 saturated carbocycles. The van der Waals surface area contributed by atoms with Gasteiger partial charge < -0.3 is 18.7 Å². The first-order valence-corrected chi connectivity index (χ1v) is 7.81. The summed E-state index contributed by atoms with van der Waals surface area (Å²) in [6, 6.07) is 0. The number of rotatable bonds is 5. The summed E-state index contributed by atoms with van der Waals surface area (Å²) in [5, 5.41) is 4.00. The molecular formula is C15H25N3O4. The van der Waals surface area contributed by atoms with Crippen molar-refractivity contribution in [3.63, 3.8) is 0 Å². The fourth-order valence-electron chi connectivity index (χ4n) is 3.40. The van der Waals surface area contributed by atoms with E-state index in [2.05, 4.69) is 28.9 Å². The van der Waals surface area contributed by atoms with Crippen LogP contribution in [-0.2, 0) is 27.2 Å². The Morgan fingerprint density at radius 3 is 2.91 bits per heavy atom. The third kappa shape index (κ3) is 3.65. The highest BCUT2D eigenvalue weighted by atomic mass is 16.6. The van der Waals surface area contributed by atoms with Crippen molar-refractivity contribution in [3.05, 3.63) is 11.7 Å². The molecule has 2 aliphatic heterocycles. The molecule has 1 unspecified atom stereocenters. The van der Waals surface area contributed by atoms with Crippen molar-refractivity contribution in [2.24, 2.45) is 0 Å². The lowest BCUT2D eigenvalue weighted by molar-refractivity contribution is -0.197. The van der Waals surface area contributed by atoms with E-state index in [0.29, 0.717) is 37.9 Å². The molecule has 0 N–H and O–H groups in total. The summed E-state index contributed by atoms with van der Waals surface area (Å²) in [6.45, 7) is 8.60. The average Bonchev–Trinajstić information content (AvgIpc) is 3.04. The summed E-state index contributed by atoms with van der Waals surface area (Å²) >= 11 is 0. The zero-order valence-corrected chi connectivity index (χ0v) is 13.6. The van der Waals surface area contributed by atoms with E-state index >= 15 is 0 Å². The second kappa shape index (κ2) is 6.23. The quantitative estimate of drug-likeness (QED) is 0.804. The van der Waals surface area contributed by atoms with Crippen LogP contribution in [0.1, 0.15) is 32.0 Å². The first kappa shape index (κ1) is 15.9. The van der Waals surface area contributed by atoms with Gasteiger partial charge in [0.1, 0.15) is 5.60 Å². The lowest BCUT2D eigenvalue weighted by atomic mass is 9.95. The van der Waals surface area contributed by atoms with Gasteiger partial charge in [0.25, 0.3) is 0 Å². The molecule has 0 radical (unpaired) electrons. The minimum Gasteiger partial charge on any atom is -0.384 e. The summed E-state index contributed by atoms with van der Waals surface area (Å²) in [6.07, 6.45) is 1.61. The summed E-state index contributed by atoms with van der Waals surface area (Å²) in [5.41, 5.74) is -0.397. The van der Waals surface area contributed by atoms with E-state index < -0.39 is 0 Å². The first-order chi connectivity index (χ1) is 10.5. The SMILES string of the molecule is COCCc1noc(CN2CC(C)(C)OC3(CCOC3)C2)n1. The fourth-order valence-corrected chi connectivity index (χ4v) is 3.40. The van der Waals surface area contributed by atoms with Gasteiger partial charge in [-0.1, -0.05) is 5.16 Å². The molecule has 3 heterocycles. The molecule has 7 nitrogen and oxygen atoms in total. The number of ether oxygens (including phenoxy) is 3. The Kier molecular flexibility index (Phi) is 4.49. The molecule has 1 aromatic rings. The van der Waals surface area contributed by atoms with Crippen LogP contribution in [0, 0.1) is 0 Å². The molecule has 0 amide bonds. The predicted molar refractivity (Wildman–Crippen MR) is 78.5 cm³/mol. The average molecular weight is 311 g/mol. The van der Waals surface area contributed by atoms with Gasteiger partial charge in [0, 0.05) is 39.6 Å². The second-order valence-corrected chi connectivity index (χ2v) is 6.84. The number of hydrogen-bond acceptors (Lipinski definition) is 7. The summed E-state index contributed by atoms with van der Waals surface area (Å²) in [4.78, 5) is 6.76. The number of nitrogens with zero attached hydrogens (tertiary/aromatic N) is 3. The van der Waals surface area contributed by atoms with Crippen LogP contribution in [0.4, 0.5) is 0 Å². The van der Waals surface area contributed by atoms with Crippen molar-refractivity contribution in [1.82, 2.24) is 15.0 Å². The predicted octanol–water partition coefficient (Wildman–Crippen LogP) is 1.03. The molecule has 1 aromatic heterocycles. The molecule has 22 heavy (non-hydrogen) atoms. The van der Waals surface area contributed by atoms with Gasteiger partial charge in [-0.15, -0.1) is 0 Å². The molecule has 1 atom stereocenters.